The van der Waals surface area contributed by atoms with Crippen molar-refractivity contribution in [2.75, 3.05) is 18.1 Å². The van der Waals surface area contributed by atoms with Gasteiger partial charge in [-0.05, 0) is 5.56 Å². The topological polar surface area (TPSA) is 78.1 Å². The molecule has 0 aliphatic heterocycles. The molecule has 6 heteroatoms. The summed E-state index contributed by atoms with van der Waals surface area (Å²) >= 11 is 1.16. The molecule has 0 aliphatic carbocycles. The van der Waals surface area contributed by atoms with E-state index in [9.17, 15) is 4.79 Å². The number of benzene rings is 1. The maximum absolute atomic E-state index is 11.3. The zero-order valence-electron chi connectivity index (χ0n) is 11.9. The van der Waals surface area contributed by atoms with Gasteiger partial charge in [0.05, 0.1) is 5.75 Å². The number of ether oxygens (including phenoxy) is 1. The zero-order chi connectivity index (χ0) is 15.8. The molecular weight excluding hydrogens is 298 g/mol. The van der Waals surface area contributed by atoms with Gasteiger partial charge >= 0.3 is 5.97 Å². The number of aromatic nitrogens is 2. The molecule has 0 bridgehead atoms. The van der Waals surface area contributed by atoms with Crippen LogP contribution in [0.1, 0.15) is 11.1 Å². The number of nitrogens with two attached hydrogens (primary N) is 1. The summed E-state index contributed by atoms with van der Waals surface area (Å²) in [5.74, 6) is 2.34. The van der Waals surface area contributed by atoms with Gasteiger partial charge in [-0.1, -0.05) is 48.0 Å². The molecule has 0 saturated heterocycles. The lowest BCUT2D eigenvalue weighted by molar-refractivity contribution is -0.138. The number of thioether (sulfide) groups is 1. The van der Waals surface area contributed by atoms with E-state index in [1.165, 1.54) is 0 Å². The third kappa shape index (κ3) is 4.79. The quantitative estimate of drug-likeness (QED) is 0.380. The average molecular weight is 313 g/mol. The second kappa shape index (κ2) is 8.05. The van der Waals surface area contributed by atoms with Crippen LogP contribution in [-0.2, 0) is 16.0 Å². The number of hydrogen-bond acceptors (Lipinski definition) is 6. The van der Waals surface area contributed by atoms with Crippen molar-refractivity contribution >= 4 is 23.5 Å². The monoisotopic (exact) mass is 313 g/mol. The van der Waals surface area contributed by atoms with Crippen molar-refractivity contribution in [3.8, 4) is 12.3 Å². The van der Waals surface area contributed by atoms with Crippen LogP contribution in [0.25, 0.3) is 0 Å². The molecule has 2 aromatic rings. The molecule has 0 fully saturated rings. The van der Waals surface area contributed by atoms with Gasteiger partial charge in [-0.3, -0.25) is 4.79 Å². The Labute approximate surface area is 133 Å². The molecule has 2 rings (SSSR count). The number of esters is 1. The van der Waals surface area contributed by atoms with Gasteiger partial charge in [0.15, 0.2) is 11.8 Å². The number of nitrogen functional groups attached to an aromatic ring is 1. The van der Waals surface area contributed by atoms with E-state index in [-0.39, 0.29) is 12.4 Å². The number of carbonyl (C=O) groups is 1. The molecule has 1 aromatic heterocycles. The van der Waals surface area contributed by atoms with E-state index >= 15 is 0 Å². The molecule has 1 aromatic carbocycles. The van der Waals surface area contributed by atoms with Gasteiger partial charge in [0.2, 0.25) is 0 Å². The van der Waals surface area contributed by atoms with Crippen LogP contribution in [0.4, 0.5) is 5.82 Å². The van der Waals surface area contributed by atoms with Gasteiger partial charge in [0.25, 0.3) is 0 Å². The summed E-state index contributed by atoms with van der Waals surface area (Å²) < 4.78 is 4.76. The van der Waals surface area contributed by atoms with Gasteiger partial charge in [-0.2, -0.15) is 0 Å². The van der Waals surface area contributed by atoms with Gasteiger partial charge < -0.3 is 10.5 Å². The molecule has 0 radical (unpaired) electrons. The van der Waals surface area contributed by atoms with Crippen molar-refractivity contribution in [3.05, 3.63) is 47.7 Å². The number of hydrogen-bond donors (Lipinski definition) is 1. The minimum atomic E-state index is -0.404. The predicted molar refractivity (Wildman–Crippen MR) is 86.2 cm³/mol. The van der Waals surface area contributed by atoms with Gasteiger partial charge in [0, 0.05) is 18.2 Å². The summed E-state index contributed by atoms with van der Waals surface area (Å²) in [6.07, 6.45) is 7.36. The van der Waals surface area contributed by atoms with Gasteiger partial charge in [0.1, 0.15) is 5.82 Å². The number of anilines is 1. The van der Waals surface area contributed by atoms with Crippen LogP contribution in [-0.4, -0.2) is 28.3 Å². The summed E-state index contributed by atoms with van der Waals surface area (Å²) in [6, 6.07) is 9.94. The van der Waals surface area contributed by atoms with Crippen LogP contribution < -0.4 is 5.73 Å². The summed E-state index contributed by atoms with van der Waals surface area (Å²) in [7, 11) is 0. The molecule has 0 unspecified atom stereocenters. The summed E-state index contributed by atoms with van der Waals surface area (Å²) in [4.78, 5) is 19.8. The largest absolute Gasteiger partial charge is 0.452 e. The van der Waals surface area contributed by atoms with Crippen molar-refractivity contribution in [1.29, 1.82) is 0 Å². The Morgan fingerprint density at radius 3 is 2.82 bits per heavy atom. The lowest BCUT2D eigenvalue weighted by Crippen LogP contribution is -2.08. The molecule has 5 nitrogen and oxygen atoms in total. The third-order valence-corrected chi connectivity index (χ3v) is 3.58. The van der Waals surface area contributed by atoms with E-state index in [0.29, 0.717) is 17.4 Å². The van der Waals surface area contributed by atoms with Gasteiger partial charge in [-0.25, -0.2) is 9.97 Å². The Morgan fingerprint density at radius 1 is 1.36 bits per heavy atom. The first-order valence-corrected chi connectivity index (χ1v) is 7.55. The highest BCUT2D eigenvalue weighted by Gasteiger charge is 2.09. The van der Waals surface area contributed by atoms with Crippen molar-refractivity contribution in [2.45, 2.75) is 11.6 Å². The van der Waals surface area contributed by atoms with E-state index in [0.717, 1.165) is 22.9 Å². The van der Waals surface area contributed by atoms with Crippen LogP contribution in [0.5, 0.6) is 0 Å². The second-order valence-corrected chi connectivity index (χ2v) is 5.32. The molecule has 22 heavy (non-hydrogen) atoms. The van der Waals surface area contributed by atoms with Crippen molar-refractivity contribution < 1.29 is 9.53 Å². The van der Waals surface area contributed by atoms with Gasteiger partial charge in [-0.15, -0.1) is 6.42 Å². The number of nitrogens with zero attached hydrogens (tertiary/aromatic N) is 2. The minimum absolute atomic E-state index is 0.0294. The van der Waals surface area contributed by atoms with E-state index in [2.05, 4.69) is 15.9 Å². The fourth-order valence-corrected chi connectivity index (χ4v) is 2.33. The summed E-state index contributed by atoms with van der Waals surface area (Å²) in [5.41, 5.74) is 7.94. The Hall–Kier alpha value is -2.52. The first-order chi connectivity index (χ1) is 10.7. The lowest BCUT2D eigenvalue weighted by Gasteiger charge is -2.06. The first-order valence-electron chi connectivity index (χ1n) is 6.56. The summed E-state index contributed by atoms with van der Waals surface area (Å²) in [5, 5.41) is 0.437. The number of terminal acetylenes is 1. The maximum atomic E-state index is 11.3. The van der Waals surface area contributed by atoms with Crippen LogP contribution in [0, 0.1) is 12.3 Å². The highest BCUT2D eigenvalue weighted by Crippen LogP contribution is 2.18. The highest BCUT2D eigenvalue weighted by molar-refractivity contribution is 7.99. The number of rotatable bonds is 6. The zero-order valence-corrected chi connectivity index (χ0v) is 12.7. The molecule has 0 amide bonds. The minimum Gasteiger partial charge on any atom is -0.452 e. The van der Waals surface area contributed by atoms with E-state index < -0.39 is 5.97 Å². The molecule has 0 atom stereocenters. The predicted octanol–water partition coefficient (Wildman–Crippen LogP) is 1.92. The van der Waals surface area contributed by atoms with Crippen LogP contribution in [0.3, 0.4) is 0 Å². The molecule has 2 N–H and O–H groups in total. The van der Waals surface area contributed by atoms with E-state index in [4.69, 9.17) is 16.9 Å². The second-order valence-electron chi connectivity index (χ2n) is 4.38. The Kier molecular flexibility index (Phi) is 5.81. The molecule has 112 valence electrons. The normalized spacial score (nSPS) is 9.95. The Morgan fingerprint density at radius 2 is 2.14 bits per heavy atom. The molecule has 0 saturated carbocycles. The third-order valence-electron chi connectivity index (χ3n) is 2.75. The van der Waals surface area contributed by atoms with E-state index in [1.54, 1.807) is 6.20 Å². The van der Waals surface area contributed by atoms with E-state index in [1.807, 2.05) is 30.3 Å². The average Bonchev–Trinajstić information content (AvgIpc) is 2.54. The highest BCUT2D eigenvalue weighted by atomic mass is 32.2. The standard InChI is InChI=1S/C16H15N3O2S/c1-2-8-21-14(20)11-22-16-18-10-13(15(17)19-16)9-12-6-4-3-5-7-12/h1,3-7,10H,8-9,11H2,(H2,17,18,19). The van der Waals surface area contributed by atoms with Crippen LogP contribution in [0.2, 0.25) is 0 Å². The summed E-state index contributed by atoms with van der Waals surface area (Å²) in [6.45, 7) is -0.0294. The molecule has 1 heterocycles. The fraction of sp³-hybridized carbons (Fsp3) is 0.188. The smallest absolute Gasteiger partial charge is 0.317 e. The van der Waals surface area contributed by atoms with Crippen molar-refractivity contribution in [1.82, 2.24) is 9.97 Å². The SMILES string of the molecule is C#CCOC(=O)CSc1ncc(Cc2ccccc2)c(N)n1. The number of carbonyl (C=O) groups excluding carboxylic acids is 1. The van der Waals surface area contributed by atoms with Crippen LogP contribution >= 0.6 is 11.8 Å². The van der Waals surface area contributed by atoms with Crippen molar-refractivity contribution in [3.63, 3.8) is 0 Å². The molecule has 0 aliphatic rings. The molecule has 0 spiro atoms. The van der Waals surface area contributed by atoms with Crippen LogP contribution in [0.15, 0.2) is 41.7 Å². The lowest BCUT2D eigenvalue weighted by atomic mass is 10.1. The Bertz CT molecular complexity index is 684. The van der Waals surface area contributed by atoms with Crippen molar-refractivity contribution in [2.24, 2.45) is 0 Å². The maximum Gasteiger partial charge on any atom is 0.317 e. The first kappa shape index (κ1) is 15.9. The molecular formula is C16H15N3O2S. The Balaban J connectivity index is 1.95. The fourth-order valence-electron chi connectivity index (χ4n) is 1.71.